The monoisotopic (exact) mass is 582 g/mol. The van der Waals surface area contributed by atoms with Gasteiger partial charge in [-0.05, 0) is 47.6 Å². The number of hydrogen-bond acceptors (Lipinski definition) is 13. The summed E-state index contributed by atoms with van der Waals surface area (Å²) in [7, 11) is 5.61. The molecule has 13 heteroatoms. The standard InChI is InChI=1S/C28H38O13/c1-36-16-7-13(8-17(37-2)22(16)31)20-15(9-29)14(5-12-6-18(38-3)24(33)27(39-4)21(12)20)11-40-28-26(35)25(34)23(32)19(10-30)41-28/h6-8,14-15,19-20,23,25-26,28-35H,5,9-11H2,1-4H3/t14?,15?,19-,20?,23-,25+,26-,28-/m1/s1. The molecule has 0 bridgehead atoms. The lowest BCUT2D eigenvalue weighted by Crippen LogP contribution is -2.59. The number of hydrogen-bond donors (Lipinski definition) is 7. The molecule has 0 spiro atoms. The van der Waals surface area contributed by atoms with Crippen molar-refractivity contribution in [3.05, 3.63) is 34.9 Å². The second-order valence-electron chi connectivity index (χ2n) is 10.1. The number of phenolic OH excluding ortho intramolecular Hbond substituents is 2. The van der Waals surface area contributed by atoms with Crippen LogP contribution in [0.3, 0.4) is 0 Å². The van der Waals surface area contributed by atoms with Crippen LogP contribution < -0.4 is 18.9 Å². The lowest BCUT2D eigenvalue weighted by atomic mass is 9.66. The third kappa shape index (κ3) is 5.58. The third-order valence-corrected chi connectivity index (χ3v) is 7.99. The molecule has 8 atom stereocenters. The van der Waals surface area contributed by atoms with Crippen molar-refractivity contribution < 1.29 is 64.2 Å². The highest BCUT2D eigenvalue weighted by Crippen LogP contribution is 2.54. The molecule has 1 aliphatic carbocycles. The third-order valence-electron chi connectivity index (χ3n) is 7.99. The number of benzene rings is 2. The molecule has 0 amide bonds. The van der Waals surface area contributed by atoms with E-state index in [-0.39, 0.29) is 47.7 Å². The van der Waals surface area contributed by atoms with Crippen LogP contribution in [-0.4, -0.2) is 115 Å². The second-order valence-corrected chi connectivity index (χ2v) is 10.1. The fraction of sp³-hybridized carbons (Fsp3) is 0.571. The minimum absolute atomic E-state index is 0.0677. The Morgan fingerprint density at radius 2 is 1.39 bits per heavy atom. The van der Waals surface area contributed by atoms with Gasteiger partial charge in [-0.25, -0.2) is 0 Å². The molecule has 0 aromatic heterocycles. The molecule has 2 aliphatic rings. The van der Waals surface area contributed by atoms with Crippen molar-refractivity contribution in [3.8, 4) is 34.5 Å². The van der Waals surface area contributed by atoms with E-state index < -0.39 is 55.1 Å². The predicted octanol–water partition coefficient (Wildman–Crippen LogP) is -0.139. The number of rotatable bonds is 10. The van der Waals surface area contributed by atoms with Gasteiger partial charge in [0.2, 0.25) is 11.5 Å². The van der Waals surface area contributed by atoms with Crippen LogP contribution in [0, 0.1) is 11.8 Å². The van der Waals surface area contributed by atoms with Crippen LogP contribution in [0.1, 0.15) is 22.6 Å². The zero-order valence-electron chi connectivity index (χ0n) is 23.3. The number of ether oxygens (including phenoxy) is 6. The Morgan fingerprint density at radius 1 is 0.780 bits per heavy atom. The number of methoxy groups -OCH3 is 4. The van der Waals surface area contributed by atoms with Crippen molar-refractivity contribution in [2.24, 2.45) is 11.8 Å². The lowest BCUT2D eigenvalue weighted by Gasteiger charge is -2.42. The summed E-state index contributed by atoms with van der Waals surface area (Å²) in [6.45, 7) is -1.01. The highest BCUT2D eigenvalue weighted by molar-refractivity contribution is 5.64. The van der Waals surface area contributed by atoms with Crippen LogP contribution in [-0.2, 0) is 15.9 Å². The van der Waals surface area contributed by atoms with Crippen LogP contribution >= 0.6 is 0 Å². The molecule has 41 heavy (non-hydrogen) atoms. The largest absolute Gasteiger partial charge is 0.502 e. The molecule has 3 unspecified atom stereocenters. The summed E-state index contributed by atoms with van der Waals surface area (Å²) in [5.74, 6) is -1.45. The van der Waals surface area contributed by atoms with E-state index in [1.807, 2.05) is 0 Å². The minimum Gasteiger partial charge on any atom is -0.502 e. The molecular weight excluding hydrogens is 544 g/mol. The fourth-order valence-corrected chi connectivity index (χ4v) is 5.85. The topological polar surface area (TPSA) is 197 Å². The molecule has 1 fully saturated rings. The summed E-state index contributed by atoms with van der Waals surface area (Å²) in [5.41, 5.74) is 1.89. The van der Waals surface area contributed by atoms with Crippen molar-refractivity contribution in [2.75, 3.05) is 48.3 Å². The predicted molar refractivity (Wildman–Crippen MR) is 142 cm³/mol. The van der Waals surface area contributed by atoms with Gasteiger partial charge >= 0.3 is 0 Å². The van der Waals surface area contributed by atoms with Crippen LogP contribution in [0.2, 0.25) is 0 Å². The summed E-state index contributed by atoms with van der Waals surface area (Å²) < 4.78 is 33.2. The number of aromatic hydroxyl groups is 2. The molecule has 7 N–H and O–H groups in total. The van der Waals surface area contributed by atoms with Gasteiger partial charge in [0.1, 0.15) is 24.4 Å². The van der Waals surface area contributed by atoms with Gasteiger partial charge in [-0.1, -0.05) is 0 Å². The summed E-state index contributed by atoms with van der Waals surface area (Å²) >= 11 is 0. The number of aliphatic hydroxyl groups excluding tert-OH is 5. The first kappa shape index (κ1) is 30.9. The quantitative estimate of drug-likeness (QED) is 0.196. The maximum Gasteiger partial charge on any atom is 0.201 e. The molecule has 0 saturated carbocycles. The molecule has 1 saturated heterocycles. The Morgan fingerprint density at radius 3 is 1.93 bits per heavy atom. The van der Waals surface area contributed by atoms with E-state index >= 15 is 0 Å². The van der Waals surface area contributed by atoms with Crippen molar-refractivity contribution in [2.45, 2.75) is 43.0 Å². The molecule has 13 nitrogen and oxygen atoms in total. The van der Waals surface area contributed by atoms with Gasteiger partial charge in [-0.3, -0.25) is 0 Å². The molecule has 4 rings (SSSR count). The molecule has 2 aromatic carbocycles. The number of phenols is 2. The van der Waals surface area contributed by atoms with E-state index in [0.717, 1.165) is 5.56 Å². The Bertz CT molecular complexity index is 1180. The van der Waals surface area contributed by atoms with Crippen LogP contribution in [0.15, 0.2) is 18.2 Å². The minimum atomic E-state index is -1.60. The van der Waals surface area contributed by atoms with Crippen molar-refractivity contribution in [1.82, 2.24) is 0 Å². The van der Waals surface area contributed by atoms with Crippen molar-refractivity contribution in [3.63, 3.8) is 0 Å². The molecular formula is C28H38O13. The van der Waals surface area contributed by atoms with E-state index in [4.69, 9.17) is 28.4 Å². The smallest absolute Gasteiger partial charge is 0.201 e. The average molecular weight is 583 g/mol. The summed E-state index contributed by atoms with van der Waals surface area (Å²) in [5, 5.41) is 72.5. The molecule has 1 heterocycles. The van der Waals surface area contributed by atoms with Crippen molar-refractivity contribution in [1.29, 1.82) is 0 Å². The number of aliphatic hydroxyl groups is 5. The zero-order chi connectivity index (χ0) is 30.0. The SMILES string of the molecule is COc1cc(C2c3c(cc(OC)c(O)c3OC)CC(CO[C@@H]3O[C@H](CO)[C@@H](O)[C@H](O)[C@H]3O)C2CO)cc(OC)c1O. The fourth-order valence-electron chi connectivity index (χ4n) is 5.85. The summed E-state index contributed by atoms with van der Waals surface area (Å²) in [6.07, 6.45) is -6.89. The zero-order valence-corrected chi connectivity index (χ0v) is 23.3. The highest BCUT2D eigenvalue weighted by Gasteiger charge is 2.46. The molecule has 1 aliphatic heterocycles. The summed E-state index contributed by atoms with van der Waals surface area (Å²) in [6, 6.07) is 4.89. The van der Waals surface area contributed by atoms with E-state index in [1.165, 1.54) is 28.4 Å². The Labute approximate surface area is 237 Å². The molecule has 228 valence electrons. The van der Waals surface area contributed by atoms with Crippen LogP contribution in [0.5, 0.6) is 34.5 Å². The van der Waals surface area contributed by atoms with Gasteiger partial charge in [0, 0.05) is 18.1 Å². The van der Waals surface area contributed by atoms with Gasteiger partial charge in [0.15, 0.2) is 29.3 Å². The Kier molecular flexibility index (Phi) is 9.70. The van der Waals surface area contributed by atoms with Gasteiger partial charge in [-0.15, -0.1) is 0 Å². The van der Waals surface area contributed by atoms with E-state index in [2.05, 4.69) is 0 Å². The normalized spacial score (nSPS) is 29.5. The molecule has 0 radical (unpaired) electrons. The van der Waals surface area contributed by atoms with Crippen LogP contribution in [0.25, 0.3) is 0 Å². The summed E-state index contributed by atoms with van der Waals surface area (Å²) in [4.78, 5) is 0. The van der Waals surface area contributed by atoms with Gasteiger partial charge in [-0.2, -0.15) is 0 Å². The van der Waals surface area contributed by atoms with Gasteiger partial charge in [0.05, 0.1) is 41.7 Å². The van der Waals surface area contributed by atoms with Gasteiger partial charge in [0.25, 0.3) is 0 Å². The van der Waals surface area contributed by atoms with Crippen LogP contribution in [0.4, 0.5) is 0 Å². The highest BCUT2D eigenvalue weighted by atomic mass is 16.7. The maximum atomic E-state index is 10.9. The molecule has 2 aromatic rings. The van der Waals surface area contributed by atoms with E-state index in [1.54, 1.807) is 18.2 Å². The first-order chi connectivity index (χ1) is 19.6. The van der Waals surface area contributed by atoms with E-state index in [9.17, 15) is 35.7 Å². The first-order valence-corrected chi connectivity index (χ1v) is 13.1. The average Bonchev–Trinajstić information content (AvgIpc) is 2.98. The Balaban J connectivity index is 1.80. The Hall–Kier alpha value is -3.04. The first-order valence-electron chi connectivity index (χ1n) is 13.1. The second kappa shape index (κ2) is 12.9. The number of fused-ring (bicyclic) bond motifs is 1. The maximum absolute atomic E-state index is 10.9. The van der Waals surface area contributed by atoms with Gasteiger partial charge < -0.3 is 64.2 Å². The van der Waals surface area contributed by atoms with Crippen molar-refractivity contribution >= 4 is 0 Å². The lowest BCUT2D eigenvalue weighted by molar-refractivity contribution is -0.304. The van der Waals surface area contributed by atoms with E-state index in [0.29, 0.717) is 17.5 Å².